The molecule has 0 heterocycles. The minimum absolute atomic E-state index is 0. The molecule has 4 heteroatoms. The molecule has 4 heavy (non-hydrogen) atoms. The SMILES string of the molecule is [B].[Fe].[Nb].[SiH4]. The van der Waals surface area contributed by atoms with E-state index in [0.29, 0.717) is 0 Å². The molecule has 0 aliphatic rings. The van der Waals surface area contributed by atoms with Gasteiger partial charge in [0.05, 0.1) is 0 Å². The van der Waals surface area contributed by atoms with Crippen LogP contribution in [0, 0.1) is 0 Å². The first kappa shape index (κ1) is 48.1. The van der Waals surface area contributed by atoms with Gasteiger partial charge in [-0.1, -0.05) is 0 Å². The van der Waals surface area contributed by atoms with E-state index in [1.54, 1.807) is 0 Å². The topological polar surface area (TPSA) is 0 Å². The van der Waals surface area contributed by atoms with E-state index < -0.39 is 0 Å². The van der Waals surface area contributed by atoms with Crippen molar-refractivity contribution in [1.29, 1.82) is 0 Å². The molecule has 0 aliphatic carbocycles. The van der Waals surface area contributed by atoms with Crippen molar-refractivity contribution in [3.63, 3.8) is 0 Å². The molecular formula is H4BFeNbSi. The first-order chi connectivity index (χ1) is 0. The van der Waals surface area contributed by atoms with E-state index in [4.69, 9.17) is 0 Å². The average molecular weight is 192 g/mol. The fraction of sp³-hybridized carbons (Fsp3) is 0. The first-order valence-electron chi connectivity index (χ1n) is 0. The third-order valence-corrected chi connectivity index (χ3v) is 0. The summed E-state index contributed by atoms with van der Waals surface area (Å²) in [4.78, 5) is 0. The van der Waals surface area contributed by atoms with Crippen LogP contribution in [-0.2, 0) is 39.4 Å². The van der Waals surface area contributed by atoms with E-state index in [1.807, 2.05) is 0 Å². The van der Waals surface area contributed by atoms with Crippen LogP contribution in [0.1, 0.15) is 0 Å². The van der Waals surface area contributed by atoms with E-state index in [9.17, 15) is 0 Å². The average Bonchev–Trinajstić information content (AvgIpc) is 0. The predicted molar refractivity (Wildman–Crippen MR) is 17.1 cm³/mol. The Bertz CT molecular complexity index is 8.00. The zero-order valence-corrected chi connectivity index (χ0v) is 4.68. The first-order valence-corrected chi connectivity index (χ1v) is 0. The van der Waals surface area contributed by atoms with Crippen molar-refractivity contribution >= 4 is 19.4 Å². The number of hydrogen-bond acceptors (Lipinski definition) is 0. The normalized spacial score (nSPS) is 0. The van der Waals surface area contributed by atoms with Crippen molar-refractivity contribution < 1.29 is 39.4 Å². The monoisotopic (exact) mass is 192 g/mol. The van der Waals surface area contributed by atoms with E-state index >= 15 is 0 Å². The van der Waals surface area contributed by atoms with Crippen LogP contribution < -0.4 is 0 Å². The van der Waals surface area contributed by atoms with Crippen LogP contribution in [0.25, 0.3) is 0 Å². The molecule has 0 nitrogen and oxygen atoms in total. The second kappa shape index (κ2) is 24.0. The molecule has 0 fully saturated rings. The van der Waals surface area contributed by atoms with Crippen LogP contribution in [-0.4, -0.2) is 19.4 Å². The third-order valence-electron chi connectivity index (χ3n) is 0. The molecular weight excluding hydrogens is 188 g/mol. The summed E-state index contributed by atoms with van der Waals surface area (Å²) in [6.07, 6.45) is 0. The van der Waals surface area contributed by atoms with Crippen molar-refractivity contribution in [2.45, 2.75) is 0 Å². The maximum absolute atomic E-state index is 0. The van der Waals surface area contributed by atoms with Crippen LogP contribution in [0.3, 0.4) is 0 Å². The van der Waals surface area contributed by atoms with Gasteiger partial charge in [0.2, 0.25) is 0 Å². The summed E-state index contributed by atoms with van der Waals surface area (Å²) in [5.74, 6) is 0. The van der Waals surface area contributed by atoms with Gasteiger partial charge in [0.15, 0.2) is 0 Å². The van der Waals surface area contributed by atoms with Crippen molar-refractivity contribution in [2.24, 2.45) is 0 Å². The summed E-state index contributed by atoms with van der Waals surface area (Å²) in [5.41, 5.74) is 0. The Morgan fingerprint density at radius 1 is 1.00 bits per heavy atom. The zero-order valence-electron chi connectivity index (χ0n) is 1.38. The van der Waals surface area contributed by atoms with Crippen LogP contribution >= 0.6 is 0 Å². The Kier molecular flexibility index (Phi) is 288. The summed E-state index contributed by atoms with van der Waals surface area (Å²) in [6, 6.07) is 0. The molecule has 0 aliphatic heterocycles. The molecule has 0 bridgehead atoms. The van der Waals surface area contributed by atoms with Gasteiger partial charge in [-0.05, 0) is 11.0 Å². The second-order valence-electron chi connectivity index (χ2n) is 0. The minimum atomic E-state index is 0. The molecule has 24 valence electrons. The molecule has 0 saturated carbocycles. The molecule has 0 rings (SSSR count). The Hall–Kier alpha value is 1.54. The van der Waals surface area contributed by atoms with Gasteiger partial charge in [-0.2, -0.15) is 0 Å². The van der Waals surface area contributed by atoms with E-state index in [0.717, 1.165) is 0 Å². The van der Waals surface area contributed by atoms with Crippen molar-refractivity contribution in [1.82, 2.24) is 0 Å². The number of rotatable bonds is 0. The van der Waals surface area contributed by atoms with Crippen LogP contribution in [0.2, 0.25) is 0 Å². The van der Waals surface area contributed by atoms with Crippen LogP contribution in [0.5, 0.6) is 0 Å². The molecule has 0 atom stereocenters. The fourth-order valence-electron chi connectivity index (χ4n) is 0. The summed E-state index contributed by atoms with van der Waals surface area (Å²) < 4.78 is 0. The summed E-state index contributed by atoms with van der Waals surface area (Å²) in [5, 5.41) is 0. The molecule has 0 aromatic heterocycles. The van der Waals surface area contributed by atoms with Gasteiger partial charge >= 0.3 is 0 Å². The smallest absolute Gasteiger partial charge is 0 e. The van der Waals surface area contributed by atoms with E-state index in [-0.39, 0.29) is 58.8 Å². The van der Waals surface area contributed by atoms with Crippen molar-refractivity contribution in [3.05, 3.63) is 0 Å². The molecule has 0 amide bonds. The van der Waals surface area contributed by atoms with E-state index in [2.05, 4.69) is 0 Å². The Balaban J connectivity index is 0. The summed E-state index contributed by atoms with van der Waals surface area (Å²) >= 11 is 0. The second-order valence-corrected chi connectivity index (χ2v) is 0. The van der Waals surface area contributed by atoms with Gasteiger partial charge in [0.1, 0.15) is 0 Å². The molecule has 0 aromatic carbocycles. The standard InChI is InChI=1S/B.Fe.Nb.H4Si/h;;;1H4. The molecule has 0 unspecified atom stereocenters. The van der Waals surface area contributed by atoms with Gasteiger partial charge < -0.3 is 0 Å². The van der Waals surface area contributed by atoms with Gasteiger partial charge in [0.25, 0.3) is 0 Å². The van der Waals surface area contributed by atoms with E-state index in [1.165, 1.54) is 0 Å². The third kappa shape index (κ3) is 9.63. The van der Waals surface area contributed by atoms with Crippen molar-refractivity contribution in [3.8, 4) is 0 Å². The Morgan fingerprint density at radius 3 is 1.00 bits per heavy atom. The van der Waals surface area contributed by atoms with Gasteiger partial charge in [0, 0.05) is 47.9 Å². The molecule has 0 saturated heterocycles. The quantitative estimate of drug-likeness (QED) is 0.395. The molecule has 0 spiro atoms. The maximum Gasteiger partial charge on any atom is 0 e. The van der Waals surface area contributed by atoms with Crippen LogP contribution in [0.15, 0.2) is 0 Å². The van der Waals surface area contributed by atoms with Gasteiger partial charge in [-0.3, -0.25) is 0 Å². The maximum atomic E-state index is 0. The molecule has 0 N–H and O–H groups in total. The number of hydrogen-bond donors (Lipinski definition) is 0. The zero-order chi connectivity index (χ0) is 0. The summed E-state index contributed by atoms with van der Waals surface area (Å²) in [6.45, 7) is 0. The Labute approximate surface area is 58.7 Å². The Morgan fingerprint density at radius 2 is 1.00 bits per heavy atom. The largest absolute Gasteiger partial charge is 0.0149 e. The predicted octanol–water partition coefficient (Wildman–Crippen LogP) is -1.84. The van der Waals surface area contributed by atoms with Gasteiger partial charge in [-0.25, -0.2) is 0 Å². The van der Waals surface area contributed by atoms with Crippen molar-refractivity contribution in [2.75, 3.05) is 0 Å². The molecule has 0 aromatic rings. The van der Waals surface area contributed by atoms with Crippen LogP contribution in [0.4, 0.5) is 0 Å². The summed E-state index contributed by atoms with van der Waals surface area (Å²) in [7, 11) is 0. The fourth-order valence-corrected chi connectivity index (χ4v) is 0. The minimum Gasteiger partial charge on any atom is -0.0149 e. The molecule has 4 radical (unpaired) electrons. The van der Waals surface area contributed by atoms with Gasteiger partial charge in [-0.15, -0.1) is 0 Å².